The molecular formula is C61H114BN. The van der Waals surface area contributed by atoms with Gasteiger partial charge in [0.25, 0.3) is 0 Å². The Bertz CT molecular complexity index is 1040. The molecule has 1 rings (SSSR count). The third-order valence-electron chi connectivity index (χ3n) is 14.0. The van der Waals surface area contributed by atoms with Crippen LogP contribution < -0.4 is 0 Å². The van der Waals surface area contributed by atoms with E-state index in [1.54, 1.807) is 0 Å². The zero-order valence-corrected chi connectivity index (χ0v) is 43.7. The van der Waals surface area contributed by atoms with E-state index in [9.17, 15) is 0 Å². The van der Waals surface area contributed by atoms with Gasteiger partial charge in [0.05, 0.1) is 0 Å². The van der Waals surface area contributed by atoms with E-state index in [0.717, 1.165) is 0 Å². The minimum Gasteiger partial charge on any atom is -0.384 e. The van der Waals surface area contributed by atoms with Gasteiger partial charge >= 0.3 is 6.85 Å². The summed E-state index contributed by atoms with van der Waals surface area (Å²) in [5.41, 5.74) is 1.35. The molecule has 0 aromatic carbocycles. The van der Waals surface area contributed by atoms with Crippen LogP contribution in [-0.2, 0) is 0 Å². The summed E-state index contributed by atoms with van der Waals surface area (Å²) in [6.45, 7) is 7.27. The Morgan fingerprint density at radius 2 is 0.603 bits per heavy atom. The Kier molecular flexibility index (Phi) is 48.8. The fraction of sp³-hybridized carbons (Fsp3) is 0.836. The molecule has 1 aliphatic rings. The average Bonchev–Trinajstić information content (AvgIpc) is 3.30. The van der Waals surface area contributed by atoms with Crippen LogP contribution in [0.25, 0.3) is 0 Å². The van der Waals surface area contributed by atoms with Crippen LogP contribution in [0.5, 0.6) is 0 Å². The maximum atomic E-state index is 2.54. The van der Waals surface area contributed by atoms with Crippen LogP contribution in [0.1, 0.15) is 329 Å². The van der Waals surface area contributed by atoms with Crippen LogP contribution in [0.3, 0.4) is 0 Å². The van der Waals surface area contributed by atoms with Crippen LogP contribution in [0, 0.1) is 0 Å². The Labute approximate surface area is 399 Å². The quantitative estimate of drug-likeness (QED) is 0.0435. The van der Waals surface area contributed by atoms with E-state index in [2.05, 4.69) is 80.2 Å². The van der Waals surface area contributed by atoms with Gasteiger partial charge in [0.1, 0.15) is 0 Å². The van der Waals surface area contributed by atoms with Gasteiger partial charge in [-0.05, 0) is 56.9 Å². The normalized spacial score (nSPS) is 13.3. The molecule has 0 atom stereocenters. The maximum Gasteiger partial charge on any atom is 0.312 e. The van der Waals surface area contributed by atoms with E-state index in [4.69, 9.17) is 0 Å². The van der Waals surface area contributed by atoms with Gasteiger partial charge in [0, 0.05) is 5.70 Å². The first kappa shape index (κ1) is 59.6. The molecule has 0 spiro atoms. The number of rotatable bonds is 51. The Hall–Kier alpha value is -1.44. The molecule has 0 saturated carbocycles. The van der Waals surface area contributed by atoms with E-state index < -0.39 is 0 Å². The summed E-state index contributed by atoms with van der Waals surface area (Å²) in [6.07, 6.45) is 85.0. The summed E-state index contributed by atoms with van der Waals surface area (Å²) in [7, 11) is 0. The largest absolute Gasteiger partial charge is 0.384 e. The molecule has 0 fully saturated rings. The van der Waals surface area contributed by atoms with Crippen molar-refractivity contribution in [1.29, 1.82) is 0 Å². The molecule has 1 heterocycles. The molecule has 0 radical (unpaired) electrons. The van der Waals surface area contributed by atoms with Crippen LogP contribution in [0.15, 0.2) is 60.3 Å². The van der Waals surface area contributed by atoms with E-state index in [1.807, 2.05) is 0 Å². The standard InChI is InChI=1S/C61H114BN/c1-4-7-10-13-16-19-22-25-28-31-34-37-40-43-46-49-52-56-61-57-55-59-62(58-53-50-47-44-41-38-35-32-29-26-23-20-17-14-11-8-5-2)63(61)60-54-51-48-45-42-39-36-33-30-27-24-21-18-15-12-9-6-3/h52-60H,4-51H2,1-3H3/b56-52+,58-53+,60-54+. The van der Waals surface area contributed by atoms with E-state index in [0.29, 0.717) is 6.85 Å². The Morgan fingerprint density at radius 3 is 0.921 bits per heavy atom. The molecule has 0 aromatic heterocycles. The van der Waals surface area contributed by atoms with Crippen molar-refractivity contribution in [3.8, 4) is 0 Å². The molecule has 0 saturated heterocycles. The van der Waals surface area contributed by atoms with Gasteiger partial charge in [-0.25, -0.2) is 0 Å². The highest BCUT2D eigenvalue weighted by molar-refractivity contribution is 6.67. The van der Waals surface area contributed by atoms with Crippen LogP contribution in [0.2, 0.25) is 0 Å². The highest BCUT2D eigenvalue weighted by Crippen LogP contribution is 2.21. The van der Waals surface area contributed by atoms with Crippen molar-refractivity contribution in [3.63, 3.8) is 0 Å². The Morgan fingerprint density at radius 1 is 0.333 bits per heavy atom. The van der Waals surface area contributed by atoms with Gasteiger partial charge in [-0.15, -0.1) is 0 Å². The lowest BCUT2D eigenvalue weighted by molar-refractivity contribution is 0.532. The van der Waals surface area contributed by atoms with Crippen molar-refractivity contribution < 1.29 is 0 Å². The molecule has 0 aliphatic carbocycles. The van der Waals surface area contributed by atoms with Gasteiger partial charge < -0.3 is 4.81 Å². The molecule has 0 unspecified atom stereocenters. The molecule has 2 heteroatoms. The van der Waals surface area contributed by atoms with Gasteiger partial charge in [-0.1, -0.05) is 327 Å². The van der Waals surface area contributed by atoms with Crippen LogP contribution in [0.4, 0.5) is 0 Å². The van der Waals surface area contributed by atoms with E-state index >= 15 is 0 Å². The van der Waals surface area contributed by atoms with Gasteiger partial charge in [0.15, 0.2) is 0 Å². The topological polar surface area (TPSA) is 3.24 Å². The van der Waals surface area contributed by atoms with Crippen LogP contribution in [-0.4, -0.2) is 11.7 Å². The van der Waals surface area contributed by atoms with Crippen molar-refractivity contribution in [2.24, 2.45) is 0 Å². The van der Waals surface area contributed by atoms with Crippen molar-refractivity contribution in [2.45, 2.75) is 329 Å². The first-order valence-electron chi connectivity index (χ1n) is 29.5. The molecule has 0 aromatic rings. The lowest BCUT2D eigenvalue weighted by Crippen LogP contribution is -2.33. The van der Waals surface area contributed by atoms with Crippen LogP contribution >= 0.6 is 0 Å². The molecule has 366 valence electrons. The van der Waals surface area contributed by atoms with Gasteiger partial charge in [-0.2, -0.15) is 0 Å². The van der Waals surface area contributed by atoms with Crippen molar-refractivity contribution in [1.82, 2.24) is 4.81 Å². The summed E-state index contributed by atoms with van der Waals surface area (Å²) in [5, 5.41) is 0. The van der Waals surface area contributed by atoms with E-state index in [1.165, 1.54) is 314 Å². The zero-order valence-electron chi connectivity index (χ0n) is 43.7. The number of hydrogen-bond donors (Lipinski definition) is 0. The summed E-state index contributed by atoms with van der Waals surface area (Å²) in [4.78, 5) is 2.54. The van der Waals surface area contributed by atoms with Crippen molar-refractivity contribution in [3.05, 3.63) is 60.3 Å². The maximum absolute atomic E-state index is 2.54. The fourth-order valence-corrected chi connectivity index (χ4v) is 9.63. The highest BCUT2D eigenvalue weighted by Gasteiger charge is 2.19. The predicted octanol–water partition coefficient (Wildman–Crippen LogP) is 22.2. The molecule has 0 N–H and O–H groups in total. The third-order valence-corrected chi connectivity index (χ3v) is 14.0. The second-order valence-electron chi connectivity index (χ2n) is 20.3. The fourth-order valence-electron chi connectivity index (χ4n) is 9.63. The summed E-state index contributed by atoms with van der Waals surface area (Å²) < 4.78 is 0. The molecule has 63 heavy (non-hydrogen) atoms. The summed E-state index contributed by atoms with van der Waals surface area (Å²) in [6, 6.07) is 0. The summed E-state index contributed by atoms with van der Waals surface area (Å²) in [5.74, 6) is 4.88. The minimum absolute atomic E-state index is 0.328. The monoisotopic (exact) mass is 872 g/mol. The summed E-state index contributed by atoms with van der Waals surface area (Å²) >= 11 is 0. The van der Waals surface area contributed by atoms with Crippen molar-refractivity contribution >= 4 is 6.85 Å². The average molecular weight is 872 g/mol. The third kappa shape index (κ3) is 42.9. The van der Waals surface area contributed by atoms with Gasteiger partial charge in [0.2, 0.25) is 0 Å². The van der Waals surface area contributed by atoms with Gasteiger partial charge in [-0.3, -0.25) is 0 Å². The number of unbranched alkanes of at least 4 members (excludes halogenated alkanes) is 45. The Balaban J connectivity index is 2.34. The lowest BCUT2D eigenvalue weighted by Gasteiger charge is -2.28. The minimum atomic E-state index is 0.328. The van der Waals surface area contributed by atoms with E-state index in [-0.39, 0.29) is 0 Å². The number of hydrogen-bond acceptors (Lipinski definition) is 1. The lowest BCUT2D eigenvalue weighted by atomic mass is 9.58. The molecule has 1 aliphatic heterocycles. The number of allylic oxidation sites excluding steroid dienone is 6. The predicted molar refractivity (Wildman–Crippen MR) is 291 cm³/mol. The second-order valence-corrected chi connectivity index (χ2v) is 20.3. The second kappa shape index (κ2) is 51.5. The smallest absolute Gasteiger partial charge is 0.312 e. The molecule has 0 bridgehead atoms. The number of nitrogens with zero attached hydrogens (tertiary/aromatic N) is 1. The highest BCUT2D eigenvalue weighted by atomic mass is 15.0. The molecule has 0 amide bonds. The first-order chi connectivity index (χ1) is 31.3. The molecular weight excluding hydrogens is 757 g/mol. The zero-order chi connectivity index (χ0) is 45.0. The molecule has 1 nitrogen and oxygen atoms in total. The SMILES string of the molecule is CCCCCCCCCCCCCCCCC/C=C/B1C=CC=C(/C=C/CCCCCCCCCCCCCCCCC)N1/C=C/CCCCCCCCCCCCCCCCC. The van der Waals surface area contributed by atoms with Crippen molar-refractivity contribution in [2.75, 3.05) is 0 Å². The first-order valence-corrected chi connectivity index (χ1v) is 29.5.